The minimum atomic E-state index is -1.42. The average molecular weight is 195 g/mol. The highest BCUT2D eigenvalue weighted by atomic mass is 16.4. The van der Waals surface area contributed by atoms with Crippen molar-refractivity contribution in [3.63, 3.8) is 0 Å². The molecule has 4 heteroatoms. The van der Waals surface area contributed by atoms with Crippen LogP contribution in [0.15, 0.2) is 0 Å². The van der Waals surface area contributed by atoms with E-state index in [2.05, 4.69) is 4.98 Å². The Morgan fingerprint density at radius 3 is 2.36 bits per heavy atom. The number of Topliss-reactive ketones (excluding diaryl/α,β-unsaturated/α-hetero) is 1. The van der Waals surface area contributed by atoms with Crippen LogP contribution in [0.1, 0.15) is 34.2 Å². The van der Waals surface area contributed by atoms with Gasteiger partial charge in [-0.1, -0.05) is 6.92 Å². The Morgan fingerprint density at radius 1 is 1.36 bits per heavy atom. The molecule has 2 N–H and O–H groups in total. The Labute approximate surface area is 81.9 Å². The first-order chi connectivity index (χ1) is 6.49. The molecule has 1 rings (SSSR count). The van der Waals surface area contributed by atoms with Crippen molar-refractivity contribution in [2.75, 3.05) is 0 Å². The van der Waals surface area contributed by atoms with Crippen molar-refractivity contribution < 1.29 is 14.7 Å². The Hall–Kier alpha value is -1.58. The maximum Gasteiger partial charge on any atom is 0.378 e. The molecular formula is C10H13NO3. The second-order valence-electron chi connectivity index (χ2n) is 3.22. The van der Waals surface area contributed by atoms with Crippen molar-refractivity contribution in [2.24, 2.45) is 0 Å². The molecule has 0 unspecified atom stereocenters. The summed E-state index contributed by atoms with van der Waals surface area (Å²) in [4.78, 5) is 24.6. The fraction of sp³-hybridized carbons (Fsp3) is 0.400. The minimum Gasteiger partial charge on any atom is -0.475 e. The van der Waals surface area contributed by atoms with Crippen LogP contribution in [0.3, 0.4) is 0 Å². The van der Waals surface area contributed by atoms with E-state index in [1.54, 1.807) is 0 Å². The van der Waals surface area contributed by atoms with Crippen molar-refractivity contribution in [1.29, 1.82) is 0 Å². The summed E-state index contributed by atoms with van der Waals surface area (Å²) in [5.41, 5.74) is 2.84. The smallest absolute Gasteiger partial charge is 0.378 e. The number of hydrogen-bond acceptors (Lipinski definition) is 2. The second kappa shape index (κ2) is 3.65. The van der Waals surface area contributed by atoms with Crippen LogP contribution in [0.25, 0.3) is 0 Å². The topological polar surface area (TPSA) is 70.2 Å². The lowest BCUT2D eigenvalue weighted by atomic mass is 10.1. The molecule has 1 aromatic rings. The van der Waals surface area contributed by atoms with E-state index in [1.807, 2.05) is 20.8 Å². The summed E-state index contributed by atoms with van der Waals surface area (Å²) in [6.45, 7) is 5.60. The summed E-state index contributed by atoms with van der Waals surface area (Å²) in [6, 6.07) is 0. The number of carbonyl (C=O) groups is 2. The van der Waals surface area contributed by atoms with Crippen molar-refractivity contribution >= 4 is 11.8 Å². The number of aromatic amines is 1. The van der Waals surface area contributed by atoms with Gasteiger partial charge in [0.15, 0.2) is 0 Å². The zero-order chi connectivity index (χ0) is 10.9. The SMILES string of the molecule is CCc1c(C(=O)C(=O)O)[nH]c(C)c1C. The van der Waals surface area contributed by atoms with E-state index in [9.17, 15) is 9.59 Å². The molecule has 0 aliphatic carbocycles. The fourth-order valence-corrected chi connectivity index (χ4v) is 1.51. The number of nitrogens with one attached hydrogen (secondary N) is 1. The number of carboxylic acid groups (broad SMARTS) is 1. The molecule has 0 saturated heterocycles. The van der Waals surface area contributed by atoms with Gasteiger partial charge in [-0.15, -0.1) is 0 Å². The van der Waals surface area contributed by atoms with Crippen molar-refractivity contribution in [3.8, 4) is 0 Å². The van der Waals surface area contributed by atoms with Crippen LogP contribution >= 0.6 is 0 Å². The quantitative estimate of drug-likeness (QED) is 0.566. The van der Waals surface area contributed by atoms with Crippen LogP contribution in [0, 0.1) is 13.8 Å². The van der Waals surface area contributed by atoms with E-state index < -0.39 is 11.8 Å². The zero-order valence-corrected chi connectivity index (χ0v) is 8.47. The third-order valence-electron chi connectivity index (χ3n) is 2.40. The van der Waals surface area contributed by atoms with E-state index in [-0.39, 0.29) is 5.69 Å². The Kier molecular flexibility index (Phi) is 2.74. The van der Waals surface area contributed by atoms with Crippen LogP contribution in [0.4, 0.5) is 0 Å². The molecule has 14 heavy (non-hydrogen) atoms. The zero-order valence-electron chi connectivity index (χ0n) is 8.47. The van der Waals surface area contributed by atoms with Gasteiger partial charge in [-0.2, -0.15) is 0 Å². The number of H-pyrrole nitrogens is 1. The highest BCUT2D eigenvalue weighted by molar-refractivity contribution is 6.39. The number of carboxylic acids is 1. The molecule has 0 atom stereocenters. The lowest BCUT2D eigenvalue weighted by molar-refractivity contribution is -0.131. The standard InChI is InChI=1S/C10H13NO3/c1-4-7-5(2)6(3)11-8(7)9(12)10(13)14/h11H,4H2,1-3H3,(H,13,14). The summed E-state index contributed by atoms with van der Waals surface area (Å²) in [6.07, 6.45) is 0.657. The first kappa shape index (κ1) is 10.5. The number of hydrogen-bond donors (Lipinski definition) is 2. The van der Waals surface area contributed by atoms with Gasteiger partial charge >= 0.3 is 5.97 Å². The molecule has 0 aliphatic rings. The number of aromatic nitrogens is 1. The molecule has 4 nitrogen and oxygen atoms in total. The first-order valence-electron chi connectivity index (χ1n) is 4.44. The Morgan fingerprint density at radius 2 is 1.93 bits per heavy atom. The van der Waals surface area contributed by atoms with E-state index in [0.717, 1.165) is 16.8 Å². The molecule has 0 radical (unpaired) electrons. The Balaban J connectivity index is 3.28. The summed E-state index contributed by atoms with van der Waals surface area (Å²) in [5, 5.41) is 8.59. The third-order valence-corrected chi connectivity index (χ3v) is 2.40. The van der Waals surface area contributed by atoms with Crippen LogP contribution in [-0.4, -0.2) is 21.8 Å². The lowest BCUT2D eigenvalue weighted by Gasteiger charge is -1.97. The minimum absolute atomic E-state index is 0.218. The van der Waals surface area contributed by atoms with Crippen molar-refractivity contribution in [2.45, 2.75) is 27.2 Å². The molecule has 0 amide bonds. The molecule has 76 valence electrons. The highest BCUT2D eigenvalue weighted by Gasteiger charge is 2.21. The summed E-state index contributed by atoms with van der Waals surface area (Å²) in [5.74, 6) is -2.28. The number of aliphatic carboxylic acids is 1. The van der Waals surface area contributed by atoms with Gasteiger partial charge in [0.05, 0.1) is 5.69 Å². The summed E-state index contributed by atoms with van der Waals surface area (Å²) < 4.78 is 0. The lowest BCUT2D eigenvalue weighted by Crippen LogP contribution is -2.14. The van der Waals surface area contributed by atoms with Crippen molar-refractivity contribution in [3.05, 3.63) is 22.5 Å². The molecule has 0 bridgehead atoms. The fourth-order valence-electron chi connectivity index (χ4n) is 1.51. The van der Waals surface area contributed by atoms with Crippen molar-refractivity contribution in [1.82, 2.24) is 4.98 Å². The summed E-state index contributed by atoms with van der Waals surface area (Å²) in [7, 11) is 0. The molecule has 1 aromatic heterocycles. The maximum atomic E-state index is 11.3. The summed E-state index contributed by atoms with van der Waals surface area (Å²) >= 11 is 0. The van der Waals surface area contributed by atoms with Crippen LogP contribution in [0.5, 0.6) is 0 Å². The Bertz CT molecular complexity index is 390. The van der Waals surface area contributed by atoms with Crippen LogP contribution in [0.2, 0.25) is 0 Å². The number of carbonyl (C=O) groups excluding carboxylic acids is 1. The molecule has 0 saturated carbocycles. The van der Waals surface area contributed by atoms with Gasteiger partial charge in [-0.3, -0.25) is 4.79 Å². The monoisotopic (exact) mass is 195 g/mol. The number of aryl methyl sites for hydroxylation is 1. The third kappa shape index (κ3) is 1.55. The van der Waals surface area contributed by atoms with Gasteiger partial charge in [0, 0.05) is 5.69 Å². The largest absolute Gasteiger partial charge is 0.475 e. The molecule has 0 fully saturated rings. The molecule has 0 aliphatic heterocycles. The van der Waals surface area contributed by atoms with Crippen LogP contribution < -0.4 is 0 Å². The van der Waals surface area contributed by atoms with E-state index in [4.69, 9.17) is 5.11 Å². The normalized spacial score (nSPS) is 10.2. The second-order valence-corrected chi connectivity index (χ2v) is 3.22. The number of rotatable bonds is 3. The van der Waals surface area contributed by atoms with Gasteiger partial charge < -0.3 is 10.1 Å². The van der Waals surface area contributed by atoms with Gasteiger partial charge in [-0.25, -0.2) is 4.79 Å². The van der Waals surface area contributed by atoms with E-state index in [0.29, 0.717) is 6.42 Å². The molecular weight excluding hydrogens is 182 g/mol. The van der Waals surface area contributed by atoms with Gasteiger partial charge in [-0.05, 0) is 31.4 Å². The van der Waals surface area contributed by atoms with E-state index >= 15 is 0 Å². The van der Waals surface area contributed by atoms with E-state index in [1.165, 1.54) is 0 Å². The van der Waals surface area contributed by atoms with Gasteiger partial charge in [0.25, 0.3) is 5.78 Å². The highest BCUT2D eigenvalue weighted by Crippen LogP contribution is 2.18. The van der Waals surface area contributed by atoms with Gasteiger partial charge in [0.1, 0.15) is 0 Å². The maximum absolute atomic E-state index is 11.3. The average Bonchev–Trinajstić information content (AvgIpc) is 2.41. The van der Waals surface area contributed by atoms with Gasteiger partial charge in [0.2, 0.25) is 0 Å². The van der Waals surface area contributed by atoms with Crippen LogP contribution in [-0.2, 0) is 11.2 Å². The number of ketones is 1. The molecule has 0 spiro atoms. The predicted octanol–water partition coefficient (Wildman–Crippen LogP) is 1.46. The first-order valence-corrected chi connectivity index (χ1v) is 4.44. The molecule has 1 heterocycles. The molecule has 0 aromatic carbocycles. The predicted molar refractivity (Wildman–Crippen MR) is 51.6 cm³/mol.